The summed E-state index contributed by atoms with van der Waals surface area (Å²) in [6.07, 6.45) is -1.10. The van der Waals surface area contributed by atoms with E-state index in [4.69, 9.17) is 9.47 Å². The number of hydrogen-bond donors (Lipinski definition) is 4. The van der Waals surface area contributed by atoms with Gasteiger partial charge in [0.05, 0.1) is 23.2 Å². The number of carbonyl (C=O) groups excluding carboxylic acids is 3. The number of rotatable bonds is 6. The molecule has 0 unspecified atom stereocenters. The highest BCUT2D eigenvalue weighted by atomic mass is 16.5. The highest BCUT2D eigenvalue weighted by molar-refractivity contribution is 6.01. The Morgan fingerprint density at radius 3 is 2.47 bits per heavy atom. The van der Waals surface area contributed by atoms with E-state index in [1.165, 1.54) is 6.92 Å². The fraction of sp³-hybridized carbons (Fsp3) is 0.300. The van der Waals surface area contributed by atoms with Crippen molar-refractivity contribution in [3.8, 4) is 0 Å². The number of amides is 1. The number of aromatic amines is 3. The Labute approximate surface area is 171 Å². The van der Waals surface area contributed by atoms with Gasteiger partial charge in [-0.05, 0) is 51.5 Å². The van der Waals surface area contributed by atoms with Crippen molar-refractivity contribution in [2.75, 3.05) is 11.9 Å². The Balaban J connectivity index is 1.70. The molecule has 0 aliphatic heterocycles. The van der Waals surface area contributed by atoms with E-state index >= 15 is 0 Å². The van der Waals surface area contributed by atoms with Crippen molar-refractivity contribution in [3.63, 3.8) is 0 Å². The number of aryl methyl sites for hydroxylation is 1. The minimum Gasteiger partial charge on any atom is -0.461 e. The number of benzene rings is 1. The number of carbonyl (C=O) groups is 3. The van der Waals surface area contributed by atoms with Gasteiger partial charge in [0.2, 0.25) is 0 Å². The molecule has 1 atom stereocenters. The Morgan fingerprint density at radius 2 is 1.77 bits per heavy atom. The first-order valence-electron chi connectivity index (χ1n) is 9.31. The molecule has 2 heterocycles. The van der Waals surface area contributed by atoms with Crippen LogP contribution >= 0.6 is 0 Å². The van der Waals surface area contributed by atoms with Gasteiger partial charge in [0.15, 0.2) is 6.10 Å². The molecule has 0 saturated heterocycles. The summed E-state index contributed by atoms with van der Waals surface area (Å²) in [6.45, 7) is 6.56. The lowest BCUT2D eigenvalue weighted by atomic mass is 10.1. The van der Waals surface area contributed by atoms with Crippen LogP contribution in [0, 0.1) is 13.8 Å². The normalized spacial score (nSPS) is 11.9. The molecule has 0 bridgehead atoms. The van der Waals surface area contributed by atoms with Crippen molar-refractivity contribution in [2.24, 2.45) is 0 Å². The number of nitrogens with one attached hydrogen (secondary N) is 4. The summed E-state index contributed by atoms with van der Waals surface area (Å²) >= 11 is 0. The van der Waals surface area contributed by atoms with E-state index in [2.05, 4.69) is 20.3 Å². The van der Waals surface area contributed by atoms with Crippen molar-refractivity contribution >= 4 is 34.6 Å². The first kappa shape index (κ1) is 20.9. The van der Waals surface area contributed by atoms with E-state index in [1.54, 1.807) is 39.0 Å². The van der Waals surface area contributed by atoms with E-state index in [9.17, 15) is 19.2 Å². The van der Waals surface area contributed by atoms with Crippen LogP contribution in [-0.4, -0.2) is 45.5 Å². The average Bonchev–Trinajstić information content (AvgIpc) is 3.19. The molecule has 1 amide bonds. The smallest absolute Gasteiger partial charge is 0.355 e. The zero-order valence-electron chi connectivity index (χ0n) is 17.0. The number of esters is 2. The summed E-state index contributed by atoms with van der Waals surface area (Å²) in [4.78, 5) is 56.4. The third-order valence-corrected chi connectivity index (χ3v) is 4.56. The number of hydrogen-bond acceptors (Lipinski definition) is 6. The minimum absolute atomic E-state index is 0.173. The predicted octanol–water partition coefficient (Wildman–Crippen LogP) is 2.16. The van der Waals surface area contributed by atoms with E-state index < -0.39 is 23.9 Å². The molecule has 0 spiro atoms. The summed E-state index contributed by atoms with van der Waals surface area (Å²) < 4.78 is 10.3. The van der Waals surface area contributed by atoms with Gasteiger partial charge in [-0.1, -0.05) is 0 Å². The lowest BCUT2D eigenvalue weighted by Crippen LogP contribution is -2.30. The molecule has 10 heteroatoms. The molecular weight excluding hydrogens is 392 g/mol. The molecule has 158 valence electrons. The average molecular weight is 414 g/mol. The second-order valence-electron chi connectivity index (χ2n) is 6.72. The maximum absolute atomic E-state index is 12.6. The summed E-state index contributed by atoms with van der Waals surface area (Å²) in [6, 6.07) is 4.85. The van der Waals surface area contributed by atoms with Gasteiger partial charge < -0.3 is 29.7 Å². The van der Waals surface area contributed by atoms with Crippen molar-refractivity contribution < 1.29 is 23.9 Å². The molecule has 1 aromatic carbocycles. The fourth-order valence-corrected chi connectivity index (χ4v) is 3.09. The molecule has 10 nitrogen and oxygen atoms in total. The van der Waals surface area contributed by atoms with Gasteiger partial charge >= 0.3 is 17.6 Å². The van der Waals surface area contributed by atoms with Gasteiger partial charge in [0.1, 0.15) is 5.69 Å². The van der Waals surface area contributed by atoms with Crippen LogP contribution in [0.5, 0.6) is 0 Å². The van der Waals surface area contributed by atoms with Gasteiger partial charge in [-0.2, -0.15) is 0 Å². The third-order valence-electron chi connectivity index (χ3n) is 4.56. The standard InChI is InChI=1S/C20H22N4O6/c1-5-29-19(27)16-9(2)15(10(3)21-16)18(26)30-11(4)17(25)22-12-6-7-13-14(8-12)24-20(28)23-13/h6-8,11,21H,5H2,1-4H3,(H,22,25)(H2,23,24,28)/t11-/m1/s1. The highest BCUT2D eigenvalue weighted by Gasteiger charge is 2.26. The molecule has 0 fully saturated rings. The highest BCUT2D eigenvalue weighted by Crippen LogP contribution is 2.21. The Bertz CT molecular complexity index is 1190. The van der Waals surface area contributed by atoms with Crippen LogP contribution in [0.2, 0.25) is 0 Å². The van der Waals surface area contributed by atoms with Crippen molar-refractivity contribution in [1.29, 1.82) is 0 Å². The van der Waals surface area contributed by atoms with E-state index in [0.717, 1.165) is 0 Å². The van der Waals surface area contributed by atoms with Gasteiger partial charge in [-0.25, -0.2) is 14.4 Å². The number of H-pyrrole nitrogens is 3. The van der Waals surface area contributed by atoms with E-state index in [-0.39, 0.29) is 23.6 Å². The zero-order chi connectivity index (χ0) is 22.0. The molecule has 0 aliphatic rings. The van der Waals surface area contributed by atoms with Crippen molar-refractivity contribution in [2.45, 2.75) is 33.8 Å². The molecule has 4 N–H and O–H groups in total. The maximum atomic E-state index is 12.6. The molecule has 0 radical (unpaired) electrons. The fourth-order valence-electron chi connectivity index (χ4n) is 3.09. The van der Waals surface area contributed by atoms with Crippen LogP contribution in [0.3, 0.4) is 0 Å². The number of imidazole rings is 1. The number of aromatic nitrogens is 3. The molecule has 3 aromatic rings. The van der Waals surface area contributed by atoms with Gasteiger partial charge in [-0.3, -0.25) is 4.79 Å². The Hall–Kier alpha value is -3.82. The SMILES string of the molecule is CCOC(=O)c1[nH]c(C)c(C(=O)O[C@H](C)C(=O)Nc2ccc3[nH]c(=O)[nH]c3c2)c1C. The van der Waals surface area contributed by atoms with Crippen LogP contribution in [0.4, 0.5) is 5.69 Å². The van der Waals surface area contributed by atoms with Crippen LogP contribution in [-0.2, 0) is 14.3 Å². The molecule has 0 saturated carbocycles. The summed E-state index contributed by atoms with van der Waals surface area (Å²) in [5.41, 5.74) is 2.41. The maximum Gasteiger partial charge on any atom is 0.355 e. The number of ether oxygens (including phenoxy) is 2. The van der Waals surface area contributed by atoms with E-state index in [1.807, 2.05) is 0 Å². The van der Waals surface area contributed by atoms with Crippen molar-refractivity contribution in [3.05, 3.63) is 51.2 Å². The Kier molecular flexibility index (Phi) is 5.77. The lowest BCUT2D eigenvalue weighted by molar-refractivity contribution is -0.123. The zero-order valence-corrected chi connectivity index (χ0v) is 17.0. The van der Waals surface area contributed by atoms with Crippen molar-refractivity contribution in [1.82, 2.24) is 15.0 Å². The minimum atomic E-state index is -1.10. The van der Waals surface area contributed by atoms with Gasteiger partial charge in [0.25, 0.3) is 5.91 Å². The van der Waals surface area contributed by atoms with Gasteiger partial charge in [0, 0.05) is 11.4 Å². The summed E-state index contributed by atoms with van der Waals surface area (Å²) in [5.74, 6) is -1.84. The molecular formula is C20H22N4O6. The third kappa shape index (κ3) is 4.12. The first-order valence-corrected chi connectivity index (χ1v) is 9.31. The summed E-state index contributed by atoms with van der Waals surface area (Å²) in [7, 11) is 0. The first-order chi connectivity index (χ1) is 14.2. The van der Waals surface area contributed by atoms with Crippen LogP contribution < -0.4 is 11.0 Å². The topological polar surface area (TPSA) is 146 Å². The lowest BCUT2D eigenvalue weighted by Gasteiger charge is -2.14. The molecule has 2 aromatic heterocycles. The predicted molar refractivity (Wildman–Crippen MR) is 109 cm³/mol. The quantitative estimate of drug-likeness (QED) is 0.455. The number of anilines is 1. The Morgan fingerprint density at radius 1 is 1.07 bits per heavy atom. The summed E-state index contributed by atoms with van der Waals surface area (Å²) in [5, 5.41) is 2.64. The molecule has 3 rings (SSSR count). The van der Waals surface area contributed by atoms with Crippen LogP contribution in [0.25, 0.3) is 11.0 Å². The second-order valence-corrected chi connectivity index (χ2v) is 6.72. The number of fused-ring (bicyclic) bond motifs is 1. The van der Waals surface area contributed by atoms with Gasteiger partial charge in [-0.15, -0.1) is 0 Å². The van der Waals surface area contributed by atoms with Crippen LogP contribution in [0.1, 0.15) is 46.0 Å². The van der Waals surface area contributed by atoms with Crippen LogP contribution in [0.15, 0.2) is 23.0 Å². The second kappa shape index (κ2) is 8.27. The molecule has 0 aliphatic carbocycles. The monoisotopic (exact) mass is 414 g/mol. The molecule has 30 heavy (non-hydrogen) atoms. The van der Waals surface area contributed by atoms with E-state index in [0.29, 0.717) is 28.0 Å². The largest absolute Gasteiger partial charge is 0.461 e.